The van der Waals surface area contributed by atoms with E-state index in [0.29, 0.717) is 10.2 Å². The quantitative estimate of drug-likeness (QED) is 0.643. The van der Waals surface area contributed by atoms with Crippen molar-refractivity contribution in [1.82, 2.24) is 14.8 Å². The van der Waals surface area contributed by atoms with E-state index in [1.54, 1.807) is 11.2 Å². The molecule has 0 saturated heterocycles. The number of hydrogen-bond donors (Lipinski definition) is 1. The first kappa shape index (κ1) is 11.8. The maximum Gasteiger partial charge on any atom is 0.284 e. The molecule has 0 unspecified atom stereocenters. The van der Waals surface area contributed by atoms with Crippen LogP contribution in [0, 0.1) is 12.3 Å². The summed E-state index contributed by atoms with van der Waals surface area (Å²) in [4.78, 5) is 11.7. The number of hydrazine groups is 1. The van der Waals surface area contributed by atoms with Crippen LogP contribution in [0.5, 0.6) is 0 Å². The Morgan fingerprint density at radius 3 is 2.93 bits per heavy atom. The van der Waals surface area contributed by atoms with E-state index in [-0.39, 0.29) is 12.1 Å². The van der Waals surface area contributed by atoms with E-state index in [1.165, 1.54) is 4.68 Å². The molecule has 1 aromatic rings. The van der Waals surface area contributed by atoms with Gasteiger partial charge >= 0.3 is 0 Å². The van der Waals surface area contributed by atoms with Gasteiger partial charge in [0.2, 0.25) is 0 Å². The lowest BCUT2D eigenvalue weighted by molar-refractivity contribution is 0.493. The molecular formula is C9H11BrN4O. The second-order valence-corrected chi connectivity index (χ2v) is 3.84. The Balaban J connectivity index is 3.11. The lowest BCUT2D eigenvalue weighted by Gasteiger charge is -2.14. The van der Waals surface area contributed by atoms with Crippen molar-refractivity contribution in [3.63, 3.8) is 0 Å². The molecule has 6 heteroatoms. The zero-order valence-corrected chi connectivity index (χ0v) is 10.1. The number of halogens is 1. The summed E-state index contributed by atoms with van der Waals surface area (Å²) in [5.41, 5.74) is 3.30. The Hall–Kier alpha value is -1.32. The molecule has 0 fully saturated rings. The Kier molecular flexibility index (Phi) is 3.88. The van der Waals surface area contributed by atoms with Crippen molar-refractivity contribution >= 4 is 21.6 Å². The molecule has 0 aliphatic heterocycles. The van der Waals surface area contributed by atoms with Gasteiger partial charge in [-0.25, -0.2) is 9.69 Å². The molecule has 1 aromatic heterocycles. The van der Waals surface area contributed by atoms with Crippen LogP contribution in [0.1, 0.15) is 0 Å². The minimum atomic E-state index is -0.250. The van der Waals surface area contributed by atoms with Gasteiger partial charge < -0.3 is 5.43 Å². The molecule has 0 aliphatic carbocycles. The molecule has 0 bridgehead atoms. The molecule has 15 heavy (non-hydrogen) atoms. The monoisotopic (exact) mass is 270 g/mol. The van der Waals surface area contributed by atoms with Crippen molar-refractivity contribution < 1.29 is 0 Å². The van der Waals surface area contributed by atoms with Crippen molar-refractivity contribution in [3.8, 4) is 12.3 Å². The summed E-state index contributed by atoms with van der Waals surface area (Å²) in [6.45, 7) is 0.166. The molecule has 1 rings (SSSR count). The summed E-state index contributed by atoms with van der Waals surface area (Å²) in [6, 6.07) is 0. The topological polar surface area (TPSA) is 50.2 Å². The average Bonchev–Trinajstić information content (AvgIpc) is 2.17. The Labute approximate surface area is 96.2 Å². The normalized spacial score (nSPS) is 10.1. The van der Waals surface area contributed by atoms with Crippen LogP contribution >= 0.6 is 15.9 Å². The maximum atomic E-state index is 11.7. The van der Waals surface area contributed by atoms with Gasteiger partial charge in [0.1, 0.15) is 11.0 Å². The number of hydrogen-bond acceptors (Lipinski definition) is 4. The first-order valence-corrected chi connectivity index (χ1v) is 4.98. The largest absolute Gasteiger partial charge is 0.317 e. The number of anilines is 1. The lowest BCUT2D eigenvalue weighted by Crippen LogP contribution is -2.27. The fourth-order valence-electron chi connectivity index (χ4n) is 0.983. The molecule has 0 atom stereocenters. The number of rotatable bonds is 3. The summed E-state index contributed by atoms with van der Waals surface area (Å²) in [6.07, 6.45) is 6.65. The summed E-state index contributed by atoms with van der Waals surface area (Å²) < 4.78 is 1.63. The smallest absolute Gasteiger partial charge is 0.284 e. The van der Waals surface area contributed by atoms with E-state index < -0.39 is 0 Å². The fraction of sp³-hybridized carbons (Fsp3) is 0.333. The van der Waals surface area contributed by atoms with E-state index in [1.807, 2.05) is 14.1 Å². The van der Waals surface area contributed by atoms with Crippen LogP contribution in [0.25, 0.3) is 0 Å². The van der Waals surface area contributed by atoms with Crippen LogP contribution in [0.2, 0.25) is 0 Å². The van der Waals surface area contributed by atoms with Gasteiger partial charge in [0.15, 0.2) is 0 Å². The van der Waals surface area contributed by atoms with Gasteiger partial charge in [-0.2, -0.15) is 5.10 Å². The van der Waals surface area contributed by atoms with E-state index in [9.17, 15) is 4.79 Å². The zero-order chi connectivity index (χ0) is 11.4. The number of terminal acetylenes is 1. The van der Waals surface area contributed by atoms with E-state index in [2.05, 4.69) is 32.4 Å². The Bertz CT molecular complexity index is 446. The summed E-state index contributed by atoms with van der Waals surface area (Å²) in [5, 5.41) is 5.64. The van der Waals surface area contributed by atoms with Gasteiger partial charge in [-0.1, -0.05) is 5.92 Å². The van der Waals surface area contributed by atoms with Crippen molar-refractivity contribution in [2.24, 2.45) is 0 Å². The van der Waals surface area contributed by atoms with Crippen LogP contribution in [0.3, 0.4) is 0 Å². The Morgan fingerprint density at radius 2 is 2.40 bits per heavy atom. The minimum absolute atomic E-state index is 0.166. The molecular weight excluding hydrogens is 260 g/mol. The van der Waals surface area contributed by atoms with Gasteiger partial charge in [0, 0.05) is 14.1 Å². The first-order chi connectivity index (χ1) is 7.06. The van der Waals surface area contributed by atoms with Gasteiger partial charge in [-0.15, -0.1) is 6.42 Å². The molecule has 0 saturated carbocycles. The summed E-state index contributed by atoms with van der Waals surface area (Å²) in [5.74, 6) is 2.36. The molecule has 5 nitrogen and oxygen atoms in total. The fourth-order valence-corrected chi connectivity index (χ4v) is 1.38. The predicted molar refractivity (Wildman–Crippen MR) is 62.3 cm³/mol. The predicted octanol–water partition coefficient (Wildman–Crippen LogP) is 0.528. The standard InChI is InChI=1S/C9H11BrN4O/c1-4-5-14-9(15)8(10)7(6-11-14)12-13(2)3/h1,6,12H,5H2,2-3H3. The third-order valence-electron chi connectivity index (χ3n) is 1.57. The van der Waals surface area contributed by atoms with Gasteiger partial charge in [-0.3, -0.25) is 4.79 Å². The van der Waals surface area contributed by atoms with Crippen molar-refractivity contribution in [3.05, 3.63) is 21.0 Å². The van der Waals surface area contributed by atoms with Crippen LogP contribution < -0.4 is 11.0 Å². The number of nitrogens with one attached hydrogen (secondary N) is 1. The van der Waals surface area contributed by atoms with E-state index in [0.717, 1.165) is 0 Å². The van der Waals surface area contributed by atoms with Crippen molar-refractivity contribution in [2.75, 3.05) is 19.5 Å². The second kappa shape index (κ2) is 4.96. The summed E-state index contributed by atoms with van der Waals surface area (Å²) in [7, 11) is 3.64. The molecule has 80 valence electrons. The third-order valence-corrected chi connectivity index (χ3v) is 2.34. The van der Waals surface area contributed by atoms with E-state index >= 15 is 0 Å². The highest BCUT2D eigenvalue weighted by Crippen LogP contribution is 2.15. The SMILES string of the molecule is C#CCn1ncc(NN(C)C)c(Br)c1=O. The van der Waals surface area contributed by atoms with Crippen LogP contribution in [-0.4, -0.2) is 28.9 Å². The van der Waals surface area contributed by atoms with Crippen LogP contribution in [0.15, 0.2) is 15.5 Å². The highest BCUT2D eigenvalue weighted by atomic mass is 79.9. The molecule has 0 aromatic carbocycles. The van der Waals surface area contributed by atoms with Crippen LogP contribution in [-0.2, 0) is 6.54 Å². The molecule has 1 N–H and O–H groups in total. The molecule has 0 radical (unpaired) electrons. The van der Waals surface area contributed by atoms with Gasteiger partial charge in [-0.05, 0) is 15.9 Å². The molecule has 0 spiro atoms. The zero-order valence-electron chi connectivity index (χ0n) is 8.49. The second-order valence-electron chi connectivity index (χ2n) is 3.05. The number of aromatic nitrogens is 2. The first-order valence-electron chi connectivity index (χ1n) is 4.19. The van der Waals surface area contributed by atoms with Crippen LogP contribution in [0.4, 0.5) is 5.69 Å². The third kappa shape index (κ3) is 2.81. The van der Waals surface area contributed by atoms with E-state index in [4.69, 9.17) is 6.42 Å². The maximum absolute atomic E-state index is 11.7. The minimum Gasteiger partial charge on any atom is -0.317 e. The highest BCUT2D eigenvalue weighted by Gasteiger charge is 2.07. The molecule has 1 heterocycles. The highest BCUT2D eigenvalue weighted by molar-refractivity contribution is 9.10. The average molecular weight is 271 g/mol. The van der Waals surface area contributed by atoms with Gasteiger partial charge in [0.25, 0.3) is 5.56 Å². The summed E-state index contributed by atoms with van der Waals surface area (Å²) >= 11 is 3.20. The van der Waals surface area contributed by atoms with Crippen molar-refractivity contribution in [2.45, 2.75) is 6.54 Å². The number of nitrogens with zero attached hydrogens (tertiary/aromatic N) is 3. The van der Waals surface area contributed by atoms with Crippen molar-refractivity contribution in [1.29, 1.82) is 0 Å². The molecule has 0 amide bonds. The lowest BCUT2D eigenvalue weighted by atomic mass is 10.5. The van der Waals surface area contributed by atoms with Gasteiger partial charge in [0.05, 0.1) is 11.9 Å². The Morgan fingerprint density at radius 1 is 1.73 bits per heavy atom. The molecule has 0 aliphatic rings.